The minimum Gasteiger partial charge on any atom is -0.495 e. The van der Waals surface area contributed by atoms with E-state index in [0.717, 1.165) is 16.1 Å². The minimum atomic E-state index is -3.98. The van der Waals surface area contributed by atoms with Crippen molar-refractivity contribution in [2.45, 2.75) is 45.3 Å². The summed E-state index contributed by atoms with van der Waals surface area (Å²) in [5.41, 5.74) is 1.11. The SMILES string of the molecule is CC[C@H](C)NC(=O)[C@H](Cc1ccccc1)N(Cc1ccccc1F)C(=O)CN(c1ccc(OC)c(Cl)c1)S(C)(=O)=O. The van der Waals surface area contributed by atoms with Gasteiger partial charge in [0.25, 0.3) is 0 Å². The molecule has 3 aromatic carbocycles. The van der Waals surface area contributed by atoms with Gasteiger partial charge < -0.3 is 15.0 Å². The fourth-order valence-electron chi connectivity index (χ4n) is 4.23. The molecule has 0 saturated carbocycles. The predicted octanol–water partition coefficient (Wildman–Crippen LogP) is 4.81. The summed E-state index contributed by atoms with van der Waals surface area (Å²) in [5, 5.41) is 3.09. The Morgan fingerprint density at radius 1 is 1.05 bits per heavy atom. The summed E-state index contributed by atoms with van der Waals surface area (Å²) >= 11 is 6.26. The van der Waals surface area contributed by atoms with Crippen LogP contribution in [-0.2, 0) is 32.6 Å². The van der Waals surface area contributed by atoms with E-state index in [-0.39, 0.29) is 35.3 Å². The number of hydrogen-bond donors (Lipinski definition) is 1. The van der Waals surface area contributed by atoms with Crippen molar-refractivity contribution in [1.29, 1.82) is 0 Å². The summed E-state index contributed by atoms with van der Waals surface area (Å²) in [6.07, 6.45) is 1.76. The van der Waals surface area contributed by atoms with Crippen LogP contribution in [0.1, 0.15) is 31.4 Å². The van der Waals surface area contributed by atoms with Gasteiger partial charge in [-0.1, -0.05) is 67.1 Å². The fourth-order valence-corrected chi connectivity index (χ4v) is 5.32. The molecule has 0 aliphatic heterocycles. The van der Waals surface area contributed by atoms with E-state index in [2.05, 4.69) is 5.32 Å². The zero-order valence-corrected chi connectivity index (χ0v) is 25.1. The van der Waals surface area contributed by atoms with Gasteiger partial charge in [0.15, 0.2) is 0 Å². The van der Waals surface area contributed by atoms with Crippen LogP contribution in [0.4, 0.5) is 10.1 Å². The van der Waals surface area contributed by atoms with Gasteiger partial charge in [-0.15, -0.1) is 0 Å². The number of halogens is 2. The summed E-state index contributed by atoms with van der Waals surface area (Å²) in [4.78, 5) is 28.9. The van der Waals surface area contributed by atoms with Crippen molar-refractivity contribution in [3.63, 3.8) is 0 Å². The number of amides is 2. The summed E-state index contributed by atoms with van der Waals surface area (Å²) < 4.78 is 46.7. The van der Waals surface area contributed by atoms with Crippen LogP contribution in [-0.4, -0.2) is 57.1 Å². The highest BCUT2D eigenvalue weighted by Gasteiger charge is 2.34. The minimum absolute atomic E-state index is 0.135. The van der Waals surface area contributed by atoms with Crippen molar-refractivity contribution in [3.8, 4) is 5.75 Å². The highest BCUT2D eigenvalue weighted by Crippen LogP contribution is 2.30. The molecule has 0 heterocycles. The van der Waals surface area contributed by atoms with Gasteiger partial charge in [0.2, 0.25) is 21.8 Å². The summed E-state index contributed by atoms with van der Waals surface area (Å²) in [5.74, 6) is -1.33. The van der Waals surface area contributed by atoms with Crippen LogP contribution in [0.3, 0.4) is 0 Å². The number of rotatable bonds is 13. The molecule has 8 nitrogen and oxygen atoms in total. The Morgan fingerprint density at radius 2 is 1.71 bits per heavy atom. The van der Waals surface area contributed by atoms with Gasteiger partial charge in [-0.05, 0) is 43.2 Å². The first-order valence-corrected chi connectivity index (χ1v) is 15.4. The van der Waals surface area contributed by atoms with Crippen molar-refractivity contribution in [2.75, 3.05) is 24.2 Å². The second-order valence-electron chi connectivity index (χ2n) is 9.72. The summed E-state index contributed by atoms with van der Waals surface area (Å²) in [6.45, 7) is 2.87. The average molecular weight is 604 g/mol. The van der Waals surface area contributed by atoms with Crippen LogP contribution in [0.15, 0.2) is 72.8 Å². The zero-order chi connectivity index (χ0) is 30.2. The molecule has 2 atom stereocenters. The Balaban J connectivity index is 2.08. The Morgan fingerprint density at radius 3 is 2.29 bits per heavy atom. The molecule has 0 unspecified atom stereocenters. The first-order valence-electron chi connectivity index (χ1n) is 13.1. The third-order valence-electron chi connectivity index (χ3n) is 6.67. The Hall–Kier alpha value is -3.63. The van der Waals surface area contributed by atoms with Crippen LogP contribution in [0.5, 0.6) is 5.75 Å². The normalized spacial score (nSPS) is 12.7. The number of carbonyl (C=O) groups excluding carboxylic acids is 2. The highest BCUT2D eigenvalue weighted by atomic mass is 35.5. The molecule has 0 bridgehead atoms. The van der Waals surface area contributed by atoms with Crippen LogP contribution in [0.2, 0.25) is 5.02 Å². The van der Waals surface area contributed by atoms with E-state index in [4.69, 9.17) is 16.3 Å². The van der Waals surface area contributed by atoms with Crippen LogP contribution < -0.4 is 14.4 Å². The van der Waals surface area contributed by atoms with Gasteiger partial charge in [-0.2, -0.15) is 0 Å². The van der Waals surface area contributed by atoms with Crippen molar-refractivity contribution >= 4 is 39.1 Å². The summed E-state index contributed by atoms with van der Waals surface area (Å²) in [6, 6.07) is 18.2. The van der Waals surface area contributed by atoms with Crippen molar-refractivity contribution in [3.05, 3.63) is 94.8 Å². The van der Waals surface area contributed by atoms with Gasteiger partial charge in [0, 0.05) is 24.6 Å². The molecular formula is C30H35ClFN3O5S. The van der Waals surface area contributed by atoms with E-state index in [1.54, 1.807) is 6.07 Å². The number of hydrogen-bond acceptors (Lipinski definition) is 5. The molecular weight excluding hydrogens is 569 g/mol. The van der Waals surface area contributed by atoms with Crippen molar-refractivity contribution < 1.29 is 27.1 Å². The highest BCUT2D eigenvalue weighted by molar-refractivity contribution is 7.92. The average Bonchev–Trinajstić information content (AvgIpc) is 2.94. The number of nitrogens with zero attached hydrogens (tertiary/aromatic N) is 2. The van der Waals surface area contributed by atoms with E-state index in [1.165, 1.54) is 48.4 Å². The molecule has 0 fully saturated rings. The van der Waals surface area contributed by atoms with E-state index in [1.807, 2.05) is 44.2 Å². The fraction of sp³-hybridized carbons (Fsp3) is 0.333. The van der Waals surface area contributed by atoms with Gasteiger partial charge in [0.1, 0.15) is 24.2 Å². The van der Waals surface area contributed by atoms with Gasteiger partial charge in [-0.25, -0.2) is 12.8 Å². The molecule has 0 aliphatic rings. The maximum absolute atomic E-state index is 14.8. The van der Waals surface area contributed by atoms with E-state index < -0.39 is 40.2 Å². The quantitative estimate of drug-likeness (QED) is 0.303. The number of nitrogens with one attached hydrogen (secondary N) is 1. The number of carbonyl (C=O) groups is 2. The Labute approximate surface area is 246 Å². The first kappa shape index (κ1) is 31.9. The molecule has 2 amide bonds. The molecule has 11 heteroatoms. The molecule has 0 spiro atoms. The maximum Gasteiger partial charge on any atom is 0.244 e. The largest absolute Gasteiger partial charge is 0.495 e. The molecule has 0 saturated heterocycles. The summed E-state index contributed by atoms with van der Waals surface area (Å²) in [7, 11) is -2.55. The Kier molecular flexibility index (Phi) is 11.1. The lowest BCUT2D eigenvalue weighted by atomic mass is 10.0. The third kappa shape index (κ3) is 8.68. The second kappa shape index (κ2) is 14.3. The lowest BCUT2D eigenvalue weighted by Crippen LogP contribution is -2.54. The number of anilines is 1. The molecule has 220 valence electrons. The van der Waals surface area contributed by atoms with Gasteiger partial charge >= 0.3 is 0 Å². The van der Waals surface area contributed by atoms with Crippen molar-refractivity contribution in [1.82, 2.24) is 10.2 Å². The predicted molar refractivity (Wildman–Crippen MR) is 159 cm³/mol. The smallest absolute Gasteiger partial charge is 0.244 e. The van der Waals surface area contributed by atoms with Crippen LogP contribution in [0.25, 0.3) is 0 Å². The van der Waals surface area contributed by atoms with Crippen LogP contribution >= 0.6 is 11.6 Å². The Bertz CT molecular complexity index is 1460. The zero-order valence-electron chi connectivity index (χ0n) is 23.5. The van der Waals surface area contributed by atoms with E-state index >= 15 is 0 Å². The van der Waals surface area contributed by atoms with E-state index in [0.29, 0.717) is 12.2 Å². The first-order chi connectivity index (χ1) is 19.4. The third-order valence-corrected chi connectivity index (χ3v) is 8.11. The van der Waals surface area contributed by atoms with Gasteiger partial charge in [0.05, 0.1) is 24.1 Å². The molecule has 0 aliphatic carbocycles. The topological polar surface area (TPSA) is 96.0 Å². The molecule has 0 aromatic heterocycles. The molecule has 3 rings (SSSR count). The monoisotopic (exact) mass is 603 g/mol. The molecule has 3 aromatic rings. The van der Waals surface area contributed by atoms with Crippen LogP contribution in [0, 0.1) is 5.82 Å². The molecule has 1 N–H and O–H groups in total. The second-order valence-corrected chi connectivity index (χ2v) is 12.0. The van der Waals surface area contributed by atoms with Gasteiger partial charge in [-0.3, -0.25) is 13.9 Å². The lowest BCUT2D eigenvalue weighted by Gasteiger charge is -2.34. The van der Waals surface area contributed by atoms with Crippen molar-refractivity contribution in [2.24, 2.45) is 0 Å². The number of sulfonamides is 1. The lowest BCUT2D eigenvalue weighted by molar-refractivity contribution is -0.140. The molecule has 41 heavy (non-hydrogen) atoms. The number of benzene rings is 3. The number of ether oxygens (including phenoxy) is 1. The maximum atomic E-state index is 14.8. The standard InChI is InChI=1S/C30H35ClFN3O5S/c1-5-21(2)33-30(37)27(17-22-11-7-6-8-12-22)34(19-23-13-9-10-14-26(23)32)29(36)20-35(41(4,38)39)24-15-16-28(40-3)25(31)18-24/h6-16,18,21,27H,5,17,19-20H2,1-4H3,(H,33,37)/t21-,27-/m0/s1. The van der Waals surface area contributed by atoms with E-state index in [9.17, 15) is 22.4 Å². The number of methoxy groups -OCH3 is 1. The molecule has 0 radical (unpaired) electrons.